The van der Waals surface area contributed by atoms with E-state index in [2.05, 4.69) is 269 Å². The Morgan fingerprint density at radius 3 is 0.733 bits per heavy atom. The van der Waals surface area contributed by atoms with E-state index in [1.807, 2.05) is 257 Å². The average Bonchev–Trinajstić information content (AvgIpc) is 1.65. The van der Waals surface area contributed by atoms with Crippen molar-refractivity contribution in [1.29, 1.82) is 0 Å². The molecule has 787 valence electrons. The predicted molar refractivity (Wildman–Crippen MR) is 634 cm³/mol. The molecular formula is C114H232BO11S5. The van der Waals surface area contributed by atoms with Gasteiger partial charge in [0, 0.05) is 48.0 Å². The maximum absolute atomic E-state index is 11.6. The monoisotopic (exact) mass is 1950 g/mol. The lowest BCUT2D eigenvalue weighted by molar-refractivity contribution is -0.176. The van der Waals surface area contributed by atoms with Crippen molar-refractivity contribution in [1.82, 2.24) is 0 Å². The van der Waals surface area contributed by atoms with Crippen molar-refractivity contribution in [3.8, 4) is 28.0 Å². The first kappa shape index (κ1) is 200. The maximum atomic E-state index is 11.6. The highest BCUT2D eigenvalue weighted by Crippen LogP contribution is 2.33. The number of rotatable bonds is 7. The highest BCUT2D eigenvalue weighted by molar-refractivity contribution is 7.99. The molecule has 9 rings (SSSR count). The minimum atomic E-state index is -4.67. The van der Waals surface area contributed by atoms with Crippen molar-refractivity contribution in [2.45, 2.75) is 441 Å². The molecule has 1 aromatic heterocycles. The van der Waals surface area contributed by atoms with Crippen LogP contribution >= 0.6 is 34.9 Å². The summed E-state index contributed by atoms with van der Waals surface area (Å²) in [6.45, 7) is 88.1. The second kappa shape index (κ2) is 208. The molecular weight excluding hydrogens is 1720 g/mol. The zero-order valence-corrected chi connectivity index (χ0v) is 93.2. The number of fused-ring (bicyclic) bond motifs is 3. The number of thioether (sulfide) groups is 2. The van der Waals surface area contributed by atoms with Gasteiger partial charge in [0.1, 0.15) is 5.75 Å². The number of hydrogen-bond acceptors (Lipinski definition) is 11. The summed E-state index contributed by atoms with van der Waals surface area (Å²) in [5, 5.41) is 30.6. The van der Waals surface area contributed by atoms with Crippen LogP contribution < -0.4 is 4.65 Å². The molecule has 17 heteroatoms. The van der Waals surface area contributed by atoms with Gasteiger partial charge in [0.2, 0.25) is 0 Å². The van der Waals surface area contributed by atoms with Gasteiger partial charge >= 0.3 is 18.1 Å². The molecule has 0 saturated carbocycles. The summed E-state index contributed by atoms with van der Waals surface area (Å²) in [7, 11) is -4.92. The van der Waals surface area contributed by atoms with E-state index in [-0.39, 0.29) is 52.0 Å². The van der Waals surface area contributed by atoms with Crippen molar-refractivity contribution in [3.05, 3.63) is 218 Å². The number of carboxylic acids is 1. The minimum Gasteiger partial charge on any atom is -0.537 e. The zero-order chi connectivity index (χ0) is 102. The van der Waals surface area contributed by atoms with E-state index in [4.69, 9.17) is 47.6 Å². The molecule has 0 aliphatic heterocycles. The molecule has 1 heterocycles. The lowest BCUT2D eigenvalue weighted by Gasteiger charge is -2.06. The van der Waals surface area contributed by atoms with Crippen LogP contribution in [0.1, 0.15) is 427 Å². The average molecular weight is 1950 g/mol. The minimum absolute atomic E-state index is 0. The van der Waals surface area contributed by atoms with Crippen molar-refractivity contribution in [3.63, 3.8) is 0 Å². The quantitative estimate of drug-likeness (QED) is 0.0290. The van der Waals surface area contributed by atoms with Crippen molar-refractivity contribution in [2.24, 2.45) is 0 Å². The Morgan fingerprint density at radius 1 is 0.328 bits per heavy atom. The maximum Gasteiger partial charge on any atom is 0.569 e. The zero-order valence-electron chi connectivity index (χ0n) is 89.1. The molecule has 6 N–H and O–H groups in total. The molecule has 1 atom stereocenters. The summed E-state index contributed by atoms with van der Waals surface area (Å²) in [5.74, 6) is -0.150. The Bertz CT molecular complexity index is 3070. The molecule has 1 unspecified atom stereocenters. The van der Waals surface area contributed by atoms with Gasteiger partial charge in [0.25, 0.3) is 5.97 Å². The molecule has 0 fully saturated rings. The van der Waals surface area contributed by atoms with Crippen LogP contribution in [0.5, 0.6) is 5.75 Å². The van der Waals surface area contributed by atoms with Crippen LogP contribution in [0, 0.1) is 0 Å². The third-order valence-electron chi connectivity index (χ3n) is 8.67. The third kappa shape index (κ3) is 192. The molecule has 11 nitrogen and oxygen atoms in total. The Morgan fingerprint density at radius 2 is 0.504 bits per heavy atom. The highest BCUT2D eigenvalue weighted by atomic mass is 32.3. The van der Waals surface area contributed by atoms with Gasteiger partial charge in [0.05, 0.1) is 10.8 Å². The molecule has 1 radical (unpaired) electrons. The first-order chi connectivity index (χ1) is 59.7. The number of aliphatic carboxylic acids is 1. The number of benzene rings is 8. The third-order valence-corrected chi connectivity index (χ3v) is 12.4. The summed E-state index contributed by atoms with van der Waals surface area (Å²) in [5.41, 5.74) is 4.78. The number of carbonyl (C=O) groups is 1. The Kier molecular flexibility index (Phi) is 317. The number of para-hydroxylation sites is 1. The second-order valence-corrected chi connectivity index (χ2v) is 27.0. The lowest BCUT2D eigenvalue weighted by atomic mass is 10.1. The smallest absolute Gasteiger partial charge is 0.537 e. The molecule has 8 aromatic carbocycles. The summed E-state index contributed by atoms with van der Waals surface area (Å²) >= 11 is 5.23. The van der Waals surface area contributed by atoms with Crippen LogP contribution in [-0.2, 0) is 26.0 Å². The summed E-state index contributed by atoms with van der Waals surface area (Å²) in [6.07, 6.45) is 20.8. The van der Waals surface area contributed by atoms with Crippen molar-refractivity contribution >= 4 is 89.9 Å². The molecule has 0 amide bonds. The molecule has 0 bridgehead atoms. The van der Waals surface area contributed by atoms with Crippen LogP contribution in [-0.4, -0.2) is 74.8 Å². The van der Waals surface area contributed by atoms with Crippen molar-refractivity contribution < 1.29 is 51.8 Å². The normalized spacial score (nSPS) is 7.47. The molecule has 131 heavy (non-hydrogen) atoms. The number of thiophene rings is 1. The van der Waals surface area contributed by atoms with Crippen LogP contribution in [0.3, 0.4) is 0 Å². The van der Waals surface area contributed by atoms with Gasteiger partial charge in [-0.2, -0.15) is 8.42 Å². The number of carboxylic acid groups (broad SMARTS) is 1. The second-order valence-electron chi connectivity index (χ2n) is 22.0. The van der Waals surface area contributed by atoms with Crippen LogP contribution in [0.25, 0.3) is 42.4 Å². The van der Waals surface area contributed by atoms with E-state index in [0.717, 1.165) is 27.8 Å². The van der Waals surface area contributed by atoms with Crippen molar-refractivity contribution in [2.75, 3.05) is 18.8 Å². The van der Waals surface area contributed by atoms with Gasteiger partial charge in [0.15, 0.2) is 0 Å². The van der Waals surface area contributed by atoms with Gasteiger partial charge in [-0.05, 0) is 71.2 Å². The fourth-order valence-electron chi connectivity index (χ4n) is 5.91. The molecule has 0 spiro atoms. The summed E-state index contributed by atoms with van der Waals surface area (Å²) in [6, 6.07) is 73.5. The van der Waals surface area contributed by atoms with Gasteiger partial charge in [-0.1, -0.05) is 602 Å². The van der Waals surface area contributed by atoms with E-state index < -0.39 is 27.2 Å². The molecule has 0 aliphatic rings. The molecule has 0 aliphatic carbocycles. The first-order valence-corrected chi connectivity index (χ1v) is 52.8. The van der Waals surface area contributed by atoms with E-state index >= 15 is 0 Å². The predicted octanol–water partition coefficient (Wildman–Crippen LogP) is 44.4. The topological polar surface area (TPSA) is 199 Å². The van der Waals surface area contributed by atoms with E-state index in [0.29, 0.717) is 13.4 Å². The number of hydrogen-bond donors (Lipinski definition) is 6. The van der Waals surface area contributed by atoms with E-state index in [1.54, 1.807) is 35.8 Å². The first-order valence-electron chi connectivity index (χ1n) is 46.6. The highest BCUT2D eigenvalue weighted by Gasteiger charge is 2.07. The van der Waals surface area contributed by atoms with Gasteiger partial charge < -0.3 is 14.8 Å². The lowest BCUT2D eigenvalue weighted by Crippen LogP contribution is -2.00. The van der Waals surface area contributed by atoms with Crippen LogP contribution in [0.2, 0.25) is 0 Å². The fraction of sp³-hybridized carbons (Fsp3) is 0.570. The Labute approximate surface area is 842 Å². The molecule has 9 aromatic rings. The van der Waals surface area contributed by atoms with Gasteiger partial charge in [-0.15, -0.1) is 34.9 Å². The Balaban J connectivity index is -0.0000000355. The van der Waals surface area contributed by atoms with E-state index in [9.17, 15) is 4.21 Å². The summed E-state index contributed by atoms with van der Waals surface area (Å²) < 4.78 is 50.7. The van der Waals surface area contributed by atoms with Gasteiger partial charge in [-0.25, -0.2) is 0 Å². The largest absolute Gasteiger partial charge is 0.569 e. The SMILES string of the molecule is C.C.C.C.C.C.C.CC.CC.CC.CC.CC.CC.CC.CC.CC.CC(=O)O.CCC.CCC.CCC.CCC.CCC.CCC.CCC.CCC.CCC.CCC.CCC.CCC.CS(=O)c1ccccc1-c1ccccc1.CSc1ccccc1-c1ccccc1.CSc1ccccc1O[B]O.O=S(=O)(O)O.OO.c1ccc2c(c1)sc1ccccc12.c1ccccc1. The van der Waals surface area contributed by atoms with Crippen LogP contribution in [0.15, 0.2) is 233 Å². The van der Waals surface area contributed by atoms with E-state index in [1.165, 1.54) is 113 Å². The molecule has 0 saturated heterocycles. The van der Waals surface area contributed by atoms with Gasteiger partial charge in [-0.3, -0.25) is 28.6 Å². The standard InChI is InChI=1S/C13H12OS.C13H12S.C12H8S.C7H8BO2S.C6H6.12C3H8.C2H4O2.9C2H6.7CH4.H2O4S.H2O2/c1-15(14)13-10-6-5-9-12(13)11-7-3-2-4-8-11;1-14-13-10-6-5-9-12(13)11-7-3-2-4-8-11;1-3-7-11-9(5-1)10-6-2-4-8-12(10)13-11;1-11-7-5-3-2-4-6(7)10-8-9;1-2-4-6-5-3-1;12*1-3-2;1-2(3)4;9*1-2;;;;;;;;1-5(2,3)4;1-2/h2-10H,1H3;2-10H,1H3;1-8H;2-5,9H,1H3;1-6H;12*3H2,1-2H3;1H3,(H,3,4);9*1-2H3;7*1H4;(H2,1,2,3,4);1-2H. The van der Waals surface area contributed by atoms with Crippen LogP contribution in [0.4, 0.5) is 0 Å². The Hall–Kier alpha value is -6.09. The summed E-state index contributed by atoms with van der Waals surface area (Å²) in [4.78, 5) is 12.2. The fourth-order valence-corrected chi connectivity index (χ4v) is 8.93.